The number of unbranched alkanes of at least 4 members (excludes halogenated alkanes) is 1. The summed E-state index contributed by atoms with van der Waals surface area (Å²) in [5.41, 5.74) is 0. The number of esters is 2. The molecule has 0 spiro atoms. The van der Waals surface area contributed by atoms with Crippen LogP contribution < -0.4 is 0 Å². The number of carbonyl (C=O) groups is 2. The van der Waals surface area contributed by atoms with Gasteiger partial charge >= 0.3 is 11.9 Å². The summed E-state index contributed by atoms with van der Waals surface area (Å²) in [5, 5.41) is -0.693. The van der Waals surface area contributed by atoms with Gasteiger partial charge in [0, 0.05) is 0 Å². The Morgan fingerprint density at radius 3 is 2.87 bits per heavy atom. The molecule has 4 nitrogen and oxygen atoms in total. The maximum atomic E-state index is 11.4. The zero-order chi connectivity index (χ0) is 11.3. The minimum absolute atomic E-state index is 0.0115. The average Bonchev–Trinajstić information content (AvgIpc) is 2.20. The lowest BCUT2D eigenvalue weighted by atomic mass is 10.1. The van der Waals surface area contributed by atoms with E-state index < -0.39 is 11.2 Å². The molecule has 15 heavy (non-hydrogen) atoms. The van der Waals surface area contributed by atoms with Crippen LogP contribution in [0.5, 0.6) is 0 Å². The minimum Gasteiger partial charge on any atom is -0.462 e. The van der Waals surface area contributed by atoms with Crippen LogP contribution in [0.4, 0.5) is 0 Å². The van der Waals surface area contributed by atoms with E-state index in [-0.39, 0.29) is 25.1 Å². The molecule has 2 atom stereocenters. The van der Waals surface area contributed by atoms with Crippen LogP contribution in [0.1, 0.15) is 32.6 Å². The van der Waals surface area contributed by atoms with Crippen molar-refractivity contribution in [3.05, 3.63) is 0 Å². The van der Waals surface area contributed by atoms with Gasteiger partial charge in [-0.3, -0.25) is 9.59 Å². The Bertz CT molecular complexity index is 242. The summed E-state index contributed by atoms with van der Waals surface area (Å²) in [6, 6.07) is 0. The molecule has 0 aliphatic carbocycles. The van der Waals surface area contributed by atoms with E-state index in [0.29, 0.717) is 0 Å². The molecule has 0 saturated carbocycles. The predicted octanol–water partition coefficient (Wildman–Crippen LogP) is 1.33. The van der Waals surface area contributed by atoms with Crippen LogP contribution in [0.25, 0.3) is 0 Å². The standard InChI is InChI=1S/C10H16O4S/c1-2-3-4-7-6-13-9(11)5-8(15)10(12)14-7/h7-8,15H,2-6H2,1H3. The summed E-state index contributed by atoms with van der Waals surface area (Å²) < 4.78 is 10.1. The van der Waals surface area contributed by atoms with Crippen molar-refractivity contribution in [2.75, 3.05) is 6.61 Å². The number of ether oxygens (including phenoxy) is 2. The highest BCUT2D eigenvalue weighted by Crippen LogP contribution is 2.14. The Morgan fingerprint density at radius 2 is 2.20 bits per heavy atom. The molecule has 0 aromatic rings. The zero-order valence-electron chi connectivity index (χ0n) is 8.77. The van der Waals surface area contributed by atoms with E-state index >= 15 is 0 Å². The Morgan fingerprint density at radius 1 is 1.47 bits per heavy atom. The van der Waals surface area contributed by atoms with Crippen molar-refractivity contribution in [2.45, 2.75) is 44.0 Å². The van der Waals surface area contributed by atoms with Gasteiger partial charge in [-0.1, -0.05) is 13.3 Å². The second kappa shape index (κ2) is 6.00. The second-order valence-corrected chi connectivity index (χ2v) is 4.23. The number of cyclic esters (lactones) is 2. The Balaban J connectivity index is 2.51. The quantitative estimate of drug-likeness (QED) is 0.589. The van der Waals surface area contributed by atoms with Gasteiger partial charge in [0.15, 0.2) is 0 Å². The minimum atomic E-state index is -0.693. The van der Waals surface area contributed by atoms with Crippen LogP contribution in [0.3, 0.4) is 0 Å². The van der Waals surface area contributed by atoms with Crippen LogP contribution in [0.15, 0.2) is 0 Å². The van der Waals surface area contributed by atoms with Gasteiger partial charge in [0.2, 0.25) is 0 Å². The first-order chi connectivity index (χ1) is 7.13. The van der Waals surface area contributed by atoms with Gasteiger partial charge < -0.3 is 9.47 Å². The van der Waals surface area contributed by atoms with Crippen LogP contribution in [-0.4, -0.2) is 29.9 Å². The van der Waals surface area contributed by atoms with Crippen LogP contribution in [0.2, 0.25) is 0 Å². The number of thiol groups is 1. The largest absolute Gasteiger partial charge is 0.462 e. The van der Waals surface area contributed by atoms with E-state index in [0.717, 1.165) is 19.3 Å². The van der Waals surface area contributed by atoms with Crippen molar-refractivity contribution < 1.29 is 19.1 Å². The van der Waals surface area contributed by atoms with Gasteiger partial charge in [-0.25, -0.2) is 0 Å². The lowest BCUT2D eigenvalue weighted by molar-refractivity contribution is -0.165. The van der Waals surface area contributed by atoms with E-state index in [1.165, 1.54) is 0 Å². The first kappa shape index (κ1) is 12.4. The summed E-state index contributed by atoms with van der Waals surface area (Å²) in [4.78, 5) is 22.5. The van der Waals surface area contributed by atoms with Crippen molar-refractivity contribution >= 4 is 24.6 Å². The molecule has 1 saturated heterocycles. The number of hydrogen-bond acceptors (Lipinski definition) is 5. The summed E-state index contributed by atoms with van der Waals surface area (Å²) in [7, 11) is 0. The SMILES string of the molecule is CCCCC1COC(=O)CC(S)C(=O)O1. The van der Waals surface area contributed by atoms with Crippen LogP contribution >= 0.6 is 12.6 Å². The molecule has 1 aliphatic rings. The highest BCUT2D eigenvalue weighted by atomic mass is 32.1. The van der Waals surface area contributed by atoms with Gasteiger partial charge in [-0.15, -0.1) is 0 Å². The molecular weight excluding hydrogens is 216 g/mol. The number of carbonyl (C=O) groups excluding carboxylic acids is 2. The van der Waals surface area contributed by atoms with E-state index in [1.54, 1.807) is 0 Å². The third-order valence-corrected chi connectivity index (χ3v) is 2.62. The first-order valence-corrected chi connectivity index (χ1v) is 5.69. The summed E-state index contributed by atoms with van der Waals surface area (Å²) in [5.74, 6) is -0.802. The molecule has 0 amide bonds. The molecule has 1 fully saturated rings. The molecule has 1 rings (SSSR count). The normalized spacial score (nSPS) is 27.6. The monoisotopic (exact) mass is 232 g/mol. The molecular formula is C10H16O4S. The molecule has 0 N–H and O–H groups in total. The fourth-order valence-corrected chi connectivity index (χ4v) is 1.55. The molecule has 2 unspecified atom stereocenters. The van der Waals surface area contributed by atoms with Crippen molar-refractivity contribution in [3.8, 4) is 0 Å². The van der Waals surface area contributed by atoms with E-state index in [1.807, 2.05) is 0 Å². The van der Waals surface area contributed by atoms with Crippen molar-refractivity contribution in [2.24, 2.45) is 0 Å². The molecule has 1 heterocycles. The Labute approximate surface area is 94.7 Å². The smallest absolute Gasteiger partial charge is 0.319 e. The number of hydrogen-bond donors (Lipinski definition) is 1. The third-order valence-electron chi connectivity index (χ3n) is 2.22. The Kier molecular flexibility index (Phi) is 4.94. The Hall–Kier alpha value is -0.710. The first-order valence-electron chi connectivity index (χ1n) is 5.17. The summed E-state index contributed by atoms with van der Waals surface area (Å²) in [6.45, 7) is 2.23. The molecule has 0 aromatic carbocycles. The lowest BCUT2D eigenvalue weighted by Crippen LogP contribution is -2.34. The molecule has 0 bridgehead atoms. The maximum Gasteiger partial charge on any atom is 0.319 e. The fourth-order valence-electron chi connectivity index (χ4n) is 1.34. The van der Waals surface area contributed by atoms with E-state index in [9.17, 15) is 9.59 Å². The average molecular weight is 232 g/mol. The molecule has 1 aliphatic heterocycles. The van der Waals surface area contributed by atoms with Crippen molar-refractivity contribution in [1.29, 1.82) is 0 Å². The lowest BCUT2D eigenvalue weighted by Gasteiger charge is -2.22. The molecule has 5 heteroatoms. The summed E-state index contributed by atoms with van der Waals surface area (Å²) >= 11 is 3.99. The predicted molar refractivity (Wildman–Crippen MR) is 57.8 cm³/mol. The maximum absolute atomic E-state index is 11.4. The summed E-state index contributed by atoms with van der Waals surface area (Å²) in [6.07, 6.45) is 2.38. The van der Waals surface area contributed by atoms with Crippen LogP contribution in [-0.2, 0) is 19.1 Å². The highest BCUT2D eigenvalue weighted by molar-refractivity contribution is 7.81. The van der Waals surface area contributed by atoms with Crippen LogP contribution in [0, 0.1) is 0 Å². The third kappa shape index (κ3) is 4.11. The zero-order valence-corrected chi connectivity index (χ0v) is 9.66. The van der Waals surface area contributed by atoms with Gasteiger partial charge in [0.05, 0.1) is 6.42 Å². The van der Waals surface area contributed by atoms with Crippen molar-refractivity contribution in [3.63, 3.8) is 0 Å². The molecule has 86 valence electrons. The van der Waals surface area contributed by atoms with Gasteiger partial charge in [0.1, 0.15) is 18.0 Å². The molecule has 0 aromatic heterocycles. The van der Waals surface area contributed by atoms with Gasteiger partial charge in [-0.05, 0) is 12.8 Å². The van der Waals surface area contributed by atoms with Crippen molar-refractivity contribution in [1.82, 2.24) is 0 Å². The highest BCUT2D eigenvalue weighted by Gasteiger charge is 2.27. The van der Waals surface area contributed by atoms with Gasteiger partial charge in [0.25, 0.3) is 0 Å². The van der Waals surface area contributed by atoms with E-state index in [2.05, 4.69) is 19.6 Å². The fraction of sp³-hybridized carbons (Fsp3) is 0.800. The van der Waals surface area contributed by atoms with Gasteiger partial charge in [-0.2, -0.15) is 12.6 Å². The van der Waals surface area contributed by atoms with E-state index in [4.69, 9.17) is 9.47 Å². The molecule has 0 radical (unpaired) electrons. The topological polar surface area (TPSA) is 52.6 Å². The second-order valence-electron chi connectivity index (χ2n) is 3.60. The number of rotatable bonds is 3.